The Morgan fingerprint density at radius 3 is 2.38 bits per heavy atom. The molecule has 1 heterocycles. The van der Waals surface area contributed by atoms with E-state index in [1.165, 1.54) is 24.6 Å². The van der Waals surface area contributed by atoms with Gasteiger partial charge in [-0.15, -0.1) is 10.2 Å². The molecule has 2 rings (SSSR count). The van der Waals surface area contributed by atoms with Crippen LogP contribution in [0.15, 0.2) is 5.16 Å². The summed E-state index contributed by atoms with van der Waals surface area (Å²) in [5, 5.41) is 9.46. The zero-order valence-electron chi connectivity index (χ0n) is 13.7. The molecule has 0 saturated heterocycles. The molecule has 0 bridgehead atoms. The molecule has 1 aromatic heterocycles. The molecule has 0 atom stereocenters. The molecule has 1 saturated carbocycles. The average Bonchev–Trinajstić information content (AvgIpc) is 3.16. The highest BCUT2D eigenvalue weighted by atomic mass is 32.2. The highest BCUT2D eigenvalue weighted by Crippen LogP contribution is 2.39. The lowest BCUT2D eigenvalue weighted by Crippen LogP contribution is -2.43. The van der Waals surface area contributed by atoms with Crippen molar-refractivity contribution in [1.82, 2.24) is 19.7 Å². The maximum Gasteiger partial charge on any atom is 0.233 e. The second-order valence-electron chi connectivity index (χ2n) is 6.14. The predicted molar refractivity (Wildman–Crippen MR) is 85.5 cm³/mol. The van der Waals surface area contributed by atoms with Gasteiger partial charge >= 0.3 is 0 Å². The minimum atomic E-state index is 0.170. The number of hydrogen-bond donors (Lipinski definition) is 0. The van der Waals surface area contributed by atoms with Gasteiger partial charge < -0.3 is 9.47 Å². The minimum Gasteiger partial charge on any atom is -0.337 e. The van der Waals surface area contributed by atoms with Gasteiger partial charge in [0.15, 0.2) is 5.16 Å². The van der Waals surface area contributed by atoms with E-state index in [-0.39, 0.29) is 18.0 Å². The van der Waals surface area contributed by atoms with Crippen LogP contribution in [-0.2, 0) is 11.3 Å². The zero-order valence-corrected chi connectivity index (χ0v) is 14.5. The molecule has 0 spiro atoms. The second kappa shape index (κ2) is 6.81. The van der Waals surface area contributed by atoms with E-state index in [0.717, 1.165) is 17.5 Å². The predicted octanol–water partition coefficient (Wildman–Crippen LogP) is 2.91. The Kier molecular flexibility index (Phi) is 5.30. The molecule has 118 valence electrons. The molecule has 0 aromatic carbocycles. The molecule has 1 aliphatic carbocycles. The lowest BCUT2D eigenvalue weighted by Gasteiger charge is -2.30. The van der Waals surface area contributed by atoms with Gasteiger partial charge in [0.1, 0.15) is 5.82 Å². The van der Waals surface area contributed by atoms with Gasteiger partial charge in [-0.3, -0.25) is 4.79 Å². The Labute approximate surface area is 131 Å². The van der Waals surface area contributed by atoms with Gasteiger partial charge in [-0.25, -0.2) is 0 Å². The highest BCUT2D eigenvalue weighted by Gasteiger charge is 2.30. The molecule has 5 nitrogen and oxygen atoms in total. The molecule has 21 heavy (non-hydrogen) atoms. The molecule has 0 aliphatic heterocycles. The standard InChI is InChI=1S/C15H26N4OS/c1-6-18-14(12-7-8-12)16-17-15(18)21-9-13(20)19(10(2)3)11(4)5/h10-12H,6-9H2,1-5H3. The molecule has 1 aliphatic rings. The fourth-order valence-electron chi connectivity index (χ4n) is 2.72. The van der Waals surface area contributed by atoms with Crippen LogP contribution in [-0.4, -0.2) is 43.4 Å². The van der Waals surface area contributed by atoms with Crippen LogP contribution in [0, 0.1) is 0 Å². The third-order valence-corrected chi connectivity index (χ3v) is 4.68. The van der Waals surface area contributed by atoms with Crippen molar-refractivity contribution in [1.29, 1.82) is 0 Å². The third kappa shape index (κ3) is 3.78. The average molecular weight is 310 g/mol. The number of thioether (sulfide) groups is 1. The van der Waals surface area contributed by atoms with Crippen LogP contribution in [0.5, 0.6) is 0 Å². The van der Waals surface area contributed by atoms with Crippen LogP contribution in [0.3, 0.4) is 0 Å². The first-order valence-electron chi connectivity index (χ1n) is 7.82. The molecule has 6 heteroatoms. The number of aromatic nitrogens is 3. The van der Waals surface area contributed by atoms with Gasteiger partial charge in [0.25, 0.3) is 0 Å². The summed E-state index contributed by atoms with van der Waals surface area (Å²) in [6, 6.07) is 0.452. The van der Waals surface area contributed by atoms with Crippen molar-refractivity contribution in [3.8, 4) is 0 Å². The number of nitrogens with zero attached hydrogens (tertiary/aromatic N) is 4. The summed E-state index contributed by atoms with van der Waals surface area (Å²) < 4.78 is 2.16. The van der Waals surface area contributed by atoms with Gasteiger partial charge in [0.05, 0.1) is 5.75 Å². The molecule has 1 fully saturated rings. The Morgan fingerprint density at radius 1 is 1.29 bits per heavy atom. The molecule has 0 N–H and O–H groups in total. The fourth-order valence-corrected chi connectivity index (χ4v) is 3.60. The lowest BCUT2D eigenvalue weighted by atomic mass is 10.2. The van der Waals surface area contributed by atoms with Gasteiger partial charge in [-0.1, -0.05) is 11.8 Å². The number of carbonyl (C=O) groups excluding carboxylic acids is 1. The van der Waals surface area contributed by atoms with Crippen LogP contribution >= 0.6 is 11.8 Å². The topological polar surface area (TPSA) is 51.0 Å². The Balaban J connectivity index is 2.00. The first-order valence-corrected chi connectivity index (χ1v) is 8.81. The Bertz CT molecular complexity index is 486. The smallest absolute Gasteiger partial charge is 0.233 e. The van der Waals surface area contributed by atoms with E-state index < -0.39 is 0 Å². The van der Waals surface area contributed by atoms with E-state index in [0.29, 0.717) is 11.7 Å². The van der Waals surface area contributed by atoms with Crippen molar-refractivity contribution in [3.05, 3.63) is 5.82 Å². The van der Waals surface area contributed by atoms with Crippen molar-refractivity contribution in [3.63, 3.8) is 0 Å². The summed E-state index contributed by atoms with van der Waals surface area (Å²) in [6.45, 7) is 11.2. The van der Waals surface area contributed by atoms with E-state index in [1.54, 1.807) is 0 Å². The summed E-state index contributed by atoms with van der Waals surface area (Å²) in [4.78, 5) is 14.3. The summed E-state index contributed by atoms with van der Waals surface area (Å²) in [5.41, 5.74) is 0. The molecule has 1 amide bonds. The Morgan fingerprint density at radius 2 is 1.90 bits per heavy atom. The van der Waals surface area contributed by atoms with Gasteiger partial charge in [-0.2, -0.15) is 0 Å². The zero-order chi connectivity index (χ0) is 15.6. The largest absolute Gasteiger partial charge is 0.337 e. The SMILES string of the molecule is CCn1c(SCC(=O)N(C(C)C)C(C)C)nnc1C1CC1. The third-order valence-electron chi connectivity index (χ3n) is 3.73. The second-order valence-corrected chi connectivity index (χ2v) is 7.08. The maximum atomic E-state index is 12.4. The molecule has 1 aromatic rings. The van der Waals surface area contributed by atoms with Crippen LogP contribution in [0.2, 0.25) is 0 Å². The lowest BCUT2D eigenvalue weighted by molar-refractivity contribution is -0.131. The first kappa shape index (κ1) is 16.3. The highest BCUT2D eigenvalue weighted by molar-refractivity contribution is 7.99. The number of rotatable bonds is 7. The number of amides is 1. The molecular weight excluding hydrogens is 284 g/mol. The van der Waals surface area contributed by atoms with Crippen molar-refractivity contribution in [2.75, 3.05) is 5.75 Å². The van der Waals surface area contributed by atoms with Gasteiger partial charge in [-0.05, 0) is 47.5 Å². The van der Waals surface area contributed by atoms with Crippen molar-refractivity contribution >= 4 is 17.7 Å². The molecule has 0 radical (unpaired) electrons. The summed E-state index contributed by atoms with van der Waals surface area (Å²) >= 11 is 1.51. The monoisotopic (exact) mass is 310 g/mol. The van der Waals surface area contributed by atoms with Crippen molar-refractivity contribution in [2.24, 2.45) is 0 Å². The van der Waals surface area contributed by atoms with E-state index >= 15 is 0 Å². The molecular formula is C15H26N4OS. The van der Waals surface area contributed by atoms with Crippen LogP contribution < -0.4 is 0 Å². The fraction of sp³-hybridized carbons (Fsp3) is 0.800. The van der Waals surface area contributed by atoms with Crippen LogP contribution in [0.25, 0.3) is 0 Å². The number of carbonyl (C=O) groups is 1. The van der Waals surface area contributed by atoms with Gasteiger partial charge in [0.2, 0.25) is 5.91 Å². The first-order chi connectivity index (χ1) is 9.95. The van der Waals surface area contributed by atoms with E-state index in [9.17, 15) is 4.79 Å². The minimum absolute atomic E-state index is 0.170. The van der Waals surface area contributed by atoms with Gasteiger partial charge in [0, 0.05) is 24.5 Å². The normalized spacial score (nSPS) is 15.0. The quantitative estimate of drug-likeness (QED) is 0.727. The summed E-state index contributed by atoms with van der Waals surface area (Å²) in [7, 11) is 0. The maximum absolute atomic E-state index is 12.4. The van der Waals surface area contributed by atoms with E-state index in [4.69, 9.17) is 0 Å². The summed E-state index contributed by atoms with van der Waals surface area (Å²) in [6.07, 6.45) is 2.44. The Hall–Kier alpha value is -1.04. The van der Waals surface area contributed by atoms with Crippen LogP contribution in [0.1, 0.15) is 59.2 Å². The summed E-state index contributed by atoms with van der Waals surface area (Å²) in [5.74, 6) is 2.28. The van der Waals surface area contributed by atoms with E-state index in [1.807, 2.05) is 4.90 Å². The number of hydrogen-bond acceptors (Lipinski definition) is 4. The van der Waals surface area contributed by atoms with Crippen molar-refractivity contribution < 1.29 is 4.79 Å². The van der Waals surface area contributed by atoms with Crippen molar-refractivity contribution in [2.45, 2.75) is 77.2 Å². The van der Waals surface area contributed by atoms with E-state index in [2.05, 4.69) is 49.4 Å². The molecule has 0 unspecified atom stereocenters. The van der Waals surface area contributed by atoms with Crippen LogP contribution in [0.4, 0.5) is 0 Å².